The average Bonchev–Trinajstić information content (AvgIpc) is 2.63. The molecule has 7 nitrogen and oxygen atoms in total. The highest BCUT2D eigenvalue weighted by Crippen LogP contribution is 2.22. The van der Waals surface area contributed by atoms with E-state index in [0.717, 1.165) is 11.3 Å². The highest BCUT2D eigenvalue weighted by atomic mass is 16.6. The van der Waals surface area contributed by atoms with Crippen LogP contribution in [0.1, 0.15) is 23.6 Å². The van der Waals surface area contributed by atoms with Crippen LogP contribution in [0.2, 0.25) is 0 Å². The van der Waals surface area contributed by atoms with Crippen LogP contribution in [0.5, 0.6) is 5.75 Å². The Hall–Kier alpha value is -2.44. The van der Waals surface area contributed by atoms with E-state index in [0.29, 0.717) is 45.9 Å². The number of benzene rings is 1. The Morgan fingerprint density at radius 2 is 1.62 bits per heavy atom. The maximum Gasteiger partial charge on any atom is 0.409 e. The number of piperazine rings is 1. The number of carbonyl (C=O) groups excluding carboxylic acids is 2. The quantitative estimate of drug-likeness (QED) is 0.816. The standard InChI is InChI=1S/C19H29N3O4/c1-5-25-19(24)22-9-7-21(8-10-22)18(23)20-6-11-26-17-13-15(3)14(2)12-16(17)4/h12-13H,5-11H2,1-4H3,(H,20,23). The van der Waals surface area contributed by atoms with E-state index in [4.69, 9.17) is 9.47 Å². The Balaban J connectivity index is 1.70. The molecule has 0 atom stereocenters. The van der Waals surface area contributed by atoms with Gasteiger partial charge in [-0.1, -0.05) is 6.07 Å². The van der Waals surface area contributed by atoms with Crippen molar-refractivity contribution in [3.63, 3.8) is 0 Å². The number of hydrogen-bond donors (Lipinski definition) is 1. The van der Waals surface area contributed by atoms with Crippen molar-refractivity contribution in [3.8, 4) is 5.75 Å². The van der Waals surface area contributed by atoms with Crippen molar-refractivity contribution in [2.24, 2.45) is 0 Å². The van der Waals surface area contributed by atoms with Crippen LogP contribution in [0.3, 0.4) is 0 Å². The summed E-state index contributed by atoms with van der Waals surface area (Å²) < 4.78 is 10.8. The number of aryl methyl sites for hydroxylation is 3. The van der Waals surface area contributed by atoms with Gasteiger partial charge in [-0.3, -0.25) is 0 Å². The van der Waals surface area contributed by atoms with Crippen molar-refractivity contribution in [2.75, 3.05) is 45.9 Å². The van der Waals surface area contributed by atoms with Gasteiger partial charge in [-0.15, -0.1) is 0 Å². The first-order valence-electron chi connectivity index (χ1n) is 9.07. The van der Waals surface area contributed by atoms with Crippen molar-refractivity contribution < 1.29 is 19.1 Å². The van der Waals surface area contributed by atoms with Gasteiger partial charge in [0.15, 0.2) is 0 Å². The van der Waals surface area contributed by atoms with Gasteiger partial charge < -0.3 is 24.6 Å². The molecule has 0 saturated carbocycles. The summed E-state index contributed by atoms with van der Waals surface area (Å²) in [5.41, 5.74) is 3.52. The second-order valence-electron chi connectivity index (χ2n) is 6.46. The monoisotopic (exact) mass is 363 g/mol. The summed E-state index contributed by atoms with van der Waals surface area (Å²) in [4.78, 5) is 27.2. The Morgan fingerprint density at radius 3 is 2.27 bits per heavy atom. The molecule has 26 heavy (non-hydrogen) atoms. The SMILES string of the molecule is CCOC(=O)N1CCN(C(=O)NCCOc2cc(C)c(C)cc2C)CC1. The van der Waals surface area contributed by atoms with E-state index in [2.05, 4.69) is 25.2 Å². The molecule has 1 N–H and O–H groups in total. The summed E-state index contributed by atoms with van der Waals surface area (Å²) in [6, 6.07) is 4.00. The summed E-state index contributed by atoms with van der Waals surface area (Å²) in [7, 11) is 0. The predicted molar refractivity (Wildman–Crippen MR) is 99.7 cm³/mol. The van der Waals surface area contributed by atoms with Crippen molar-refractivity contribution in [2.45, 2.75) is 27.7 Å². The van der Waals surface area contributed by atoms with Crippen LogP contribution in [0.25, 0.3) is 0 Å². The van der Waals surface area contributed by atoms with E-state index in [1.807, 2.05) is 13.0 Å². The molecule has 1 aliphatic rings. The van der Waals surface area contributed by atoms with Crippen LogP contribution in [0, 0.1) is 20.8 Å². The fourth-order valence-electron chi connectivity index (χ4n) is 2.83. The number of carbonyl (C=O) groups is 2. The number of nitrogens with one attached hydrogen (secondary N) is 1. The minimum absolute atomic E-state index is 0.131. The summed E-state index contributed by atoms with van der Waals surface area (Å²) in [5.74, 6) is 0.852. The number of amides is 3. The van der Waals surface area contributed by atoms with Crippen LogP contribution in [-0.4, -0.2) is 67.9 Å². The molecule has 0 aliphatic carbocycles. The van der Waals surface area contributed by atoms with Crippen molar-refractivity contribution >= 4 is 12.1 Å². The van der Waals surface area contributed by atoms with Crippen molar-refractivity contribution in [1.82, 2.24) is 15.1 Å². The van der Waals surface area contributed by atoms with Crippen LogP contribution in [0.4, 0.5) is 9.59 Å². The molecule has 3 amide bonds. The minimum atomic E-state index is -0.315. The maximum atomic E-state index is 12.2. The lowest BCUT2D eigenvalue weighted by Gasteiger charge is -2.34. The molecule has 0 unspecified atom stereocenters. The molecule has 1 aliphatic heterocycles. The Kier molecular flexibility index (Phi) is 7.12. The molecule has 0 spiro atoms. The zero-order valence-corrected chi connectivity index (χ0v) is 16.1. The lowest BCUT2D eigenvalue weighted by Crippen LogP contribution is -2.53. The highest BCUT2D eigenvalue weighted by Gasteiger charge is 2.24. The molecule has 0 aromatic heterocycles. The van der Waals surface area contributed by atoms with Gasteiger partial charge in [0.05, 0.1) is 13.2 Å². The van der Waals surface area contributed by atoms with Crippen molar-refractivity contribution in [1.29, 1.82) is 0 Å². The first kappa shape index (κ1) is 19.9. The zero-order chi connectivity index (χ0) is 19.1. The highest BCUT2D eigenvalue weighted by molar-refractivity contribution is 5.75. The topological polar surface area (TPSA) is 71.1 Å². The largest absolute Gasteiger partial charge is 0.491 e. The maximum absolute atomic E-state index is 12.2. The van der Waals surface area contributed by atoms with Gasteiger partial charge in [-0.2, -0.15) is 0 Å². The van der Waals surface area contributed by atoms with E-state index in [1.165, 1.54) is 11.1 Å². The van der Waals surface area contributed by atoms with Gasteiger partial charge in [-0.05, 0) is 50.5 Å². The molecule has 0 bridgehead atoms. The van der Waals surface area contributed by atoms with Crippen LogP contribution < -0.4 is 10.1 Å². The second kappa shape index (κ2) is 9.31. The zero-order valence-electron chi connectivity index (χ0n) is 16.1. The lowest BCUT2D eigenvalue weighted by atomic mass is 10.1. The molecule has 1 heterocycles. The number of rotatable bonds is 5. The average molecular weight is 363 g/mol. The molecular formula is C19H29N3O4. The smallest absolute Gasteiger partial charge is 0.409 e. The number of ether oxygens (including phenoxy) is 2. The van der Waals surface area contributed by atoms with Crippen LogP contribution in [0.15, 0.2) is 12.1 Å². The molecule has 7 heteroatoms. The van der Waals surface area contributed by atoms with Crippen LogP contribution in [-0.2, 0) is 4.74 Å². The molecule has 1 saturated heterocycles. The van der Waals surface area contributed by atoms with E-state index in [-0.39, 0.29) is 12.1 Å². The van der Waals surface area contributed by atoms with Crippen molar-refractivity contribution in [3.05, 3.63) is 28.8 Å². The second-order valence-corrected chi connectivity index (χ2v) is 6.46. The fraction of sp³-hybridized carbons (Fsp3) is 0.579. The first-order valence-corrected chi connectivity index (χ1v) is 9.07. The molecule has 144 valence electrons. The van der Waals surface area contributed by atoms with E-state index < -0.39 is 0 Å². The third-order valence-corrected chi connectivity index (χ3v) is 4.52. The van der Waals surface area contributed by atoms with Gasteiger partial charge in [0.2, 0.25) is 0 Å². The number of hydrogen-bond acceptors (Lipinski definition) is 4. The summed E-state index contributed by atoms with van der Waals surface area (Å²) in [6.45, 7) is 11.1. The Bertz CT molecular complexity index is 640. The van der Waals surface area contributed by atoms with Gasteiger partial charge in [0.25, 0.3) is 0 Å². The predicted octanol–water partition coefficient (Wildman–Crippen LogP) is 2.47. The Morgan fingerprint density at radius 1 is 1.00 bits per heavy atom. The van der Waals surface area contributed by atoms with E-state index >= 15 is 0 Å². The molecule has 2 rings (SSSR count). The molecule has 1 aromatic rings. The third kappa shape index (κ3) is 5.28. The molecule has 1 fully saturated rings. The fourth-order valence-corrected chi connectivity index (χ4v) is 2.83. The van der Waals surface area contributed by atoms with E-state index in [9.17, 15) is 9.59 Å². The molecule has 1 aromatic carbocycles. The lowest BCUT2D eigenvalue weighted by molar-refractivity contribution is 0.0851. The minimum Gasteiger partial charge on any atom is -0.491 e. The number of nitrogens with zero attached hydrogens (tertiary/aromatic N) is 2. The van der Waals surface area contributed by atoms with Crippen LogP contribution >= 0.6 is 0 Å². The summed E-state index contributed by atoms with van der Waals surface area (Å²) in [6.07, 6.45) is -0.315. The van der Waals surface area contributed by atoms with E-state index in [1.54, 1.807) is 16.7 Å². The Labute approximate surface area is 155 Å². The summed E-state index contributed by atoms with van der Waals surface area (Å²) in [5, 5.41) is 2.86. The van der Waals surface area contributed by atoms with Gasteiger partial charge >= 0.3 is 12.1 Å². The molecule has 0 radical (unpaired) electrons. The van der Waals surface area contributed by atoms with Gasteiger partial charge in [-0.25, -0.2) is 9.59 Å². The summed E-state index contributed by atoms with van der Waals surface area (Å²) >= 11 is 0. The number of urea groups is 1. The first-order chi connectivity index (χ1) is 12.4. The normalized spacial score (nSPS) is 14.2. The molecular weight excluding hydrogens is 334 g/mol. The van der Waals surface area contributed by atoms with Gasteiger partial charge in [0.1, 0.15) is 12.4 Å². The van der Waals surface area contributed by atoms with Gasteiger partial charge in [0, 0.05) is 26.2 Å². The third-order valence-electron chi connectivity index (χ3n) is 4.52.